The van der Waals surface area contributed by atoms with Crippen molar-refractivity contribution in [3.63, 3.8) is 0 Å². The van der Waals surface area contributed by atoms with Gasteiger partial charge in [0.05, 0.1) is 22.8 Å². The molecule has 0 aromatic carbocycles. The van der Waals surface area contributed by atoms with Crippen LogP contribution in [0.15, 0.2) is 18.3 Å². The SMILES string of the molecule is Cc1nn(Cc2cc(NN)ccn2)c(C)c1[N+](=O)[O-]. The molecule has 0 unspecified atom stereocenters. The molecule has 100 valence electrons. The van der Waals surface area contributed by atoms with Gasteiger partial charge in [0.2, 0.25) is 0 Å². The minimum Gasteiger partial charge on any atom is -0.324 e. The second-order valence-electron chi connectivity index (χ2n) is 4.11. The molecule has 0 saturated carbocycles. The van der Waals surface area contributed by atoms with Gasteiger partial charge in [0, 0.05) is 6.20 Å². The molecule has 0 bridgehead atoms. The molecule has 2 aromatic rings. The third kappa shape index (κ3) is 2.52. The van der Waals surface area contributed by atoms with Crippen LogP contribution in [-0.4, -0.2) is 19.7 Å². The normalized spacial score (nSPS) is 10.5. The second-order valence-corrected chi connectivity index (χ2v) is 4.11. The Bertz CT molecular complexity index is 622. The average Bonchev–Trinajstić information content (AvgIpc) is 2.64. The minimum atomic E-state index is -0.417. The Hall–Kier alpha value is -2.48. The third-order valence-electron chi connectivity index (χ3n) is 2.82. The Kier molecular flexibility index (Phi) is 3.43. The van der Waals surface area contributed by atoms with Gasteiger partial charge in [0.15, 0.2) is 0 Å². The number of nitro groups is 1. The summed E-state index contributed by atoms with van der Waals surface area (Å²) in [6.45, 7) is 3.64. The van der Waals surface area contributed by atoms with Crippen molar-refractivity contribution >= 4 is 11.4 Å². The predicted octanol–water partition coefficient (Wildman–Crippen LogP) is 1.14. The van der Waals surface area contributed by atoms with Crippen LogP contribution in [0.5, 0.6) is 0 Å². The first-order valence-corrected chi connectivity index (χ1v) is 5.63. The van der Waals surface area contributed by atoms with E-state index in [9.17, 15) is 10.1 Å². The van der Waals surface area contributed by atoms with Crippen molar-refractivity contribution in [2.45, 2.75) is 20.4 Å². The van der Waals surface area contributed by atoms with Crippen molar-refractivity contribution in [1.82, 2.24) is 14.8 Å². The van der Waals surface area contributed by atoms with Gasteiger partial charge in [-0.05, 0) is 26.0 Å². The molecule has 19 heavy (non-hydrogen) atoms. The molecule has 2 aromatic heterocycles. The summed E-state index contributed by atoms with van der Waals surface area (Å²) >= 11 is 0. The molecule has 0 fully saturated rings. The maximum absolute atomic E-state index is 10.9. The zero-order valence-electron chi connectivity index (χ0n) is 10.6. The lowest BCUT2D eigenvalue weighted by molar-refractivity contribution is -0.386. The van der Waals surface area contributed by atoms with E-state index in [1.54, 1.807) is 36.9 Å². The summed E-state index contributed by atoms with van der Waals surface area (Å²) in [6, 6.07) is 3.50. The van der Waals surface area contributed by atoms with E-state index in [0.717, 1.165) is 11.4 Å². The highest BCUT2D eigenvalue weighted by Gasteiger charge is 2.21. The highest BCUT2D eigenvalue weighted by molar-refractivity contribution is 5.42. The van der Waals surface area contributed by atoms with Crippen LogP contribution in [0, 0.1) is 24.0 Å². The molecule has 0 spiro atoms. The molecular formula is C11H14N6O2. The van der Waals surface area contributed by atoms with Crippen LogP contribution in [0.3, 0.4) is 0 Å². The van der Waals surface area contributed by atoms with Crippen LogP contribution in [0.2, 0.25) is 0 Å². The Morgan fingerprint density at radius 2 is 2.26 bits per heavy atom. The highest BCUT2D eigenvalue weighted by Crippen LogP contribution is 2.22. The number of nitrogens with one attached hydrogen (secondary N) is 1. The molecule has 2 rings (SSSR count). The molecule has 0 radical (unpaired) electrons. The summed E-state index contributed by atoms with van der Waals surface area (Å²) in [7, 11) is 0. The van der Waals surface area contributed by atoms with Crippen LogP contribution in [0.1, 0.15) is 17.1 Å². The predicted molar refractivity (Wildman–Crippen MR) is 69.5 cm³/mol. The summed E-state index contributed by atoms with van der Waals surface area (Å²) in [4.78, 5) is 14.7. The van der Waals surface area contributed by atoms with E-state index >= 15 is 0 Å². The number of anilines is 1. The van der Waals surface area contributed by atoms with Crippen molar-refractivity contribution in [2.75, 3.05) is 5.43 Å². The summed E-state index contributed by atoms with van der Waals surface area (Å²) in [6.07, 6.45) is 1.62. The third-order valence-corrected chi connectivity index (χ3v) is 2.82. The number of hydrogen-bond acceptors (Lipinski definition) is 6. The first-order chi connectivity index (χ1) is 9.02. The summed E-state index contributed by atoms with van der Waals surface area (Å²) in [5.41, 5.74) is 4.92. The van der Waals surface area contributed by atoms with E-state index in [1.807, 2.05) is 0 Å². The van der Waals surface area contributed by atoms with Crippen molar-refractivity contribution < 1.29 is 4.92 Å². The number of hydrogen-bond donors (Lipinski definition) is 2. The standard InChI is InChI=1S/C11H14N6O2/c1-7-11(17(18)19)8(2)16(15-7)6-10-5-9(14-12)3-4-13-10/h3-5H,6,12H2,1-2H3,(H,13,14). The topological polar surface area (TPSA) is 112 Å². The van der Waals surface area contributed by atoms with E-state index < -0.39 is 4.92 Å². The number of hydrazine groups is 1. The van der Waals surface area contributed by atoms with Crippen molar-refractivity contribution in [3.8, 4) is 0 Å². The zero-order chi connectivity index (χ0) is 14.0. The van der Waals surface area contributed by atoms with Gasteiger partial charge in [0.1, 0.15) is 11.4 Å². The monoisotopic (exact) mass is 262 g/mol. The number of aryl methyl sites for hydroxylation is 1. The number of rotatable bonds is 4. The molecular weight excluding hydrogens is 248 g/mol. The van der Waals surface area contributed by atoms with Gasteiger partial charge >= 0.3 is 5.69 Å². The lowest BCUT2D eigenvalue weighted by Gasteiger charge is -2.05. The Morgan fingerprint density at radius 1 is 1.53 bits per heavy atom. The van der Waals surface area contributed by atoms with Crippen LogP contribution < -0.4 is 11.3 Å². The molecule has 8 nitrogen and oxygen atoms in total. The van der Waals surface area contributed by atoms with Gasteiger partial charge in [-0.2, -0.15) is 5.10 Å². The van der Waals surface area contributed by atoms with E-state index in [-0.39, 0.29) is 5.69 Å². The van der Waals surface area contributed by atoms with E-state index in [2.05, 4.69) is 15.5 Å². The number of nitrogens with zero attached hydrogens (tertiary/aromatic N) is 4. The lowest BCUT2D eigenvalue weighted by Crippen LogP contribution is -2.09. The summed E-state index contributed by atoms with van der Waals surface area (Å²) < 4.78 is 1.57. The number of nitrogens with two attached hydrogens (primary N) is 1. The van der Waals surface area contributed by atoms with Gasteiger partial charge in [-0.15, -0.1) is 0 Å². The number of nitrogen functional groups attached to an aromatic ring is 1. The Labute approximate surface area is 109 Å². The molecule has 8 heteroatoms. The van der Waals surface area contributed by atoms with Crippen LogP contribution in [0.25, 0.3) is 0 Å². The average molecular weight is 262 g/mol. The van der Waals surface area contributed by atoms with Crippen molar-refractivity contribution in [3.05, 3.63) is 45.5 Å². The number of pyridine rings is 1. The smallest absolute Gasteiger partial charge is 0.312 e. The largest absolute Gasteiger partial charge is 0.324 e. The van der Waals surface area contributed by atoms with E-state index in [0.29, 0.717) is 17.9 Å². The molecule has 0 amide bonds. The Morgan fingerprint density at radius 3 is 2.84 bits per heavy atom. The fourth-order valence-corrected chi connectivity index (χ4v) is 1.91. The minimum absolute atomic E-state index is 0.0492. The van der Waals surface area contributed by atoms with Crippen LogP contribution in [0.4, 0.5) is 11.4 Å². The Balaban J connectivity index is 2.33. The molecule has 0 saturated heterocycles. The summed E-state index contributed by atoms with van der Waals surface area (Å²) in [5.74, 6) is 5.32. The fraction of sp³-hybridized carbons (Fsp3) is 0.273. The van der Waals surface area contributed by atoms with Gasteiger partial charge in [-0.25, -0.2) is 0 Å². The van der Waals surface area contributed by atoms with Crippen LogP contribution >= 0.6 is 0 Å². The number of aromatic nitrogens is 3. The van der Waals surface area contributed by atoms with Gasteiger partial charge in [-0.3, -0.25) is 25.6 Å². The molecule has 3 N–H and O–H groups in total. The van der Waals surface area contributed by atoms with Gasteiger partial charge < -0.3 is 5.43 Å². The van der Waals surface area contributed by atoms with Crippen molar-refractivity contribution in [1.29, 1.82) is 0 Å². The van der Waals surface area contributed by atoms with Gasteiger partial charge in [0.25, 0.3) is 0 Å². The first-order valence-electron chi connectivity index (χ1n) is 5.63. The summed E-state index contributed by atoms with van der Waals surface area (Å²) in [5, 5.41) is 15.1. The zero-order valence-corrected chi connectivity index (χ0v) is 10.6. The first kappa shape index (κ1) is 13.0. The maximum Gasteiger partial charge on any atom is 0.312 e. The maximum atomic E-state index is 10.9. The second kappa shape index (κ2) is 5.02. The van der Waals surface area contributed by atoms with Crippen molar-refractivity contribution in [2.24, 2.45) is 5.84 Å². The molecule has 0 aliphatic carbocycles. The lowest BCUT2D eigenvalue weighted by atomic mass is 10.3. The molecule has 0 aliphatic rings. The van der Waals surface area contributed by atoms with E-state index in [1.165, 1.54) is 0 Å². The quantitative estimate of drug-likeness (QED) is 0.485. The van der Waals surface area contributed by atoms with Gasteiger partial charge in [-0.1, -0.05) is 0 Å². The highest BCUT2D eigenvalue weighted by atomic mass is 16.6. The molecule has 0 atom stereocenters. The molecule has 0 aliphatic heterocycles. The fourth-order valence-electron chi connectivity index (χ4n) is 1.91. The van der Waals surface area contributed by atoms with E-state index in [4.69, 9.17) is 5.84 Å². The van der Waals surface area contributed by atoms with Crippen LogP contribution in [-0.2, 0) is 6.54 Å². The molecule has 2 heterocycles.